The zero-order valence-electron chi connectivity index (χ0n) is 10.5. The van der Waals surface area contributed by atoms with Gasteiger partial charge in [-0.2, -0.15) is 0 Å². The molecule has 1 heterocycles. The summed E-state index contributed by atoms with van der Waals surface area (Å²) in [5, 5.41) is 0.634. The smallest absolute Gasteiger partial charge is 0.200 e. The van der Waals surface area contributed by atoms with Crippen LogP contribution in [0.15, 0.2) is 39.5 Å². The molecule has 0 saturated heterocycles. The summed E-state index contributed by atoms with van der Waals surface area (Å²) in [6.45, 7) is 1.88. The zero-order valence-corrected chi connectivity index (χ0v) is 10.5. The lowest BCUT2D eigenvalue weighted by Crippen LogP contribution is -2.04. The minimum Gasteiger partial charge on any atom is -0.497 e. The van der Waals surface area contributed by atoms with Crippen molar-refractivity contribution in [1.29, 1.82) is 0 Å². The van der Waals surface area contributed by atoms with Crippen molar-refractivity contribution < 1.29 is 13.5 Å². The number of rotatable bonds is 1. The second-order valence-electron chi connectivity index (χ2n) is 4.42. The third kappa shape index (κ3) is 1.76. The molecule has 2 aromatic carbocycles. The van der Waals surface area contributed by atoms with Crippen molar-refractivity contribution in [2.45, 2.75) is 6.92 Å². The number of benzene rings is 2. The Labute approximate surface area is 108 Å². The molecule has 0 spiro atoms. The Balaban J connectivity index is 2.54. The number of ether oxygens (including phenoxy) is 1. The fourth-order valence-corrected chi connectivity index (χ4v) is 2.12. The monoisotopic (exact) mass is 258 g/mol. The van der Waals surface area contributed by atoms with Gasteiger partial charge in [-0.3, -0.25) is 4.79 Å². The van der Waals surface area contributed by atoms with Crippen LogP contribution >= 0.6 is 0 Å². The highest BCUT2D eigenvalue weighted by molar-refractivity contribution is 5.90. The van der Waals surface area contributed by atoms with E-state index in [1.807, 2.05) is 13.0 Å². The lowest BCUT2D eigenvalue weighted by atomic mass is 10.1. The molecule has 0 amide bonds. The summed E-state index contributed by atoms with van der Waals surface area (Å²) < 4.78 is 24.4. The van der Waals surface area contributed by atoms with Crippen molar-refractivity contribution in [1.82, 2.24) is 0 Å². The highest BCUT2D eigenvalue weighted by Crippen LogP contribution is 2.25. The minimum absolute atomic E-state index is 0.0397. The number of halogens is 1. The topological polar surface area (TPSA) is 39.4 Å². The molecule has 1 aromatic heterocycles. The van der Waals surface area contributed by atoms with E-state index in [9.17, 15) is 9.18 Å². The summed E-state index contributed by atoms with van der Waals surface area (Å²) in [4.78, 5) is 12.4. The molecule has 0 unspecified atom stereocenters. The van der Waals surface area contributed by atoms with E-state index in [0.717, 1.165) is 5.56 Å². The van der Waals surface area contributed by atoms with Gasteiger partial charge in [0.25, 0.3) is 0 Å². The van der Waals surface area contributed by atoms with Gasteiger partial charge in [0, 0.05) is 6.07 Å². The molecule has 0 bridgehead atoms. The quantitative estimate of drug-likeness (QED) is 0.628. The van der Waals surface area contributed by atoms with Crippen LogP contribution in [0, 0.1) is 12.7 Å². The van der Waals surface area contributed by atoms with Gasteiger partial charge in [0.1, 0.15) is 11.3 Å². The second kappa shape index (κ2) is 4.09. The average molecular weight is 258 g/mol. The fourth-order valence-electron chi connectivity index (χ4n) is 2.12. The molecule has 0 aliphatic carbocycles. The lowest BCUT2D eigenvalue weighted by Gasteiger charge is -2.05. The molecule has 0 radical (unpaired) electrons. The van der Waals surface area contributed by atoms with Crippen LogP contribution in [-0.2, 0) is 0 Å². The van der Waals surface area contributed by atoms with Crippen LogP contribution in [0.1, 0.15) is 5.56 Å². The predicted octanol–water partition coefficient (Wildman–Crippen LogP) is 3.40. The highest BCUT2D eigenvalue weighted by Gasteiger charge is 2.13. The van der Waals surface area contributed by atoms with Gasteiger partial charge < -0.3 is 9.15 Å². The molecule has 0 aliphatic heterocycles. The minimum atomic E-state index is -0.603. The Morgan fingerprint density at radius 3 is 2.68 bits per heavy atom. The molecule has 0 fully saturated rings. The Bertz CT molecular complexity index is 849. The molecule has 3 nitrogen and oxygen atoms in total. The molecule has 0 saturated carbocycles. The van der Waals surface area contributed by atoms with E-state index in [0.29, 0.717) is 16.7 Å². The van der Waals surface area contributed by atoms with Gasteiger partial charge in [-0.05, 0) is 25.1 Å². The van der Waals surface area contributed by atoms with Crippen LogP contribution in [0.2, 0.25) is 0 Å². The van der Waals surface area contributed by atoms with Gasteiger partial charge in [0.15, 0.2) is 11.4 Å². The number of hydrogen-bond acceptors (Lipinski definition) is 3. The summed E-state index contributed by atoms with van der Waals surface area (Å²) in [7, 11) is 1.42. The van der Waals surface area contributed by atoms with Gasteiger partial charge in [-0.15, -0.1) is 0 Å². The maximum atomic E-state index is 13.9. The lowest BCUT2D eigenvalue weighted by molar-refractivity contribution is 0.411. The maximum Gasteiger partial charge on any atom is 0.200 e. The summed E-state index contributed by atoms with van der Waals surface area (Å²) in [5.41, 5.74) is 1.04. The molecule has 3 rings (SSSR count). The van der Waals surface area contributed by atoms with Crippen molar-refractivity contribution in [3.05, 3.63) is 51.9 Å². The van der Waals surface area contributed by atoms with Crippen LogP contribution in [-0.4, -0.2) is 7.11 Å². The normalized spacial score (nSPS) is 11.1. The molecule has 0 aliphatic rings. The van der Waals surface area contributed by atoms with E-state index >= 15 is 0 Å². The van der Waals surface area contributed by atoms with Gasteiger partial charge in [-0.25, -0.2) is 4.39 Å². The maximum absolute atomic E-state index is 13.9. The molecular formula is C15H11FO3. The Morgan fingerprint density at radius 2 is 1.95 bits per heavy atom. The Hall–Kier alpha value is -2.36. The van der Waals surface area contributed by atoms with E-state index in [4.69, 9.17) is 9.15 Å². The van der Waals surface area contributed by atoms with Crippen molar-refractivity contribution in [2.24, 2.45) is 0 Å². The van der Waals surface area contributed by atoms with Crippen molar-refractivity contribution in [3.63, 3.8) is 0 Å². The van der Waals surface area contributed by atoms with Crippen molar-refractivity contribution in [3.8, 4) is 5.75 Å². The largest absolute Gasteiger partial charge is 0.497 e. The predicted molar refractivity (Wildman–Crippen MR) is 71.2 cm³/mol. The van der Waals surface area contributed by atoms with E-state index < -0.39 is 5.82 Å². The van der Waals surface area contributed by atoms with Gasteiger partial charge >= 0.3 is 0 Å². The second-order valence-corrected chi connectivity index (χ2v) is 4.42. The van der Waals surface area contributed by atoms with E-state index in [-0.39, 0.29) is 16.4 Å². The summed E-state index contributed by atoms with van der Waals surface area (Å²) in [6.07, 6.45) is 0. The van der Waals surface area contributed by atoms with E-state index in [1.54, 1.807) is 12.1 Å². The first kappa shape index (κ1) is 11.7. The van der Waals surface area contributed by atoms with Crippen molar-refractivity contribution >= 4 is 21.9 Å². The van der Waals surface area contributed by atoms with E-state index in [1.165, 1.54) is 19.2 Å². The molecule has 19 heavy (non-hydrogen) atoms. The van der Waals surface area contributed by atoms with Crippen molar-refractivity contribution in [2.75, 3.05) is 7.11 Å². The van der Waals surface area contributed by atoms with Gasteiger partial charge in [-0.1, -0.05) is 11.6 Å². The molecule has 96 valence electrons. The van der Waals surface area contributed by atoms with Crippen LogP contribution in [0.25, 0.3) is 21.9 Å². The number of methoxy groups -OCH3 is 1. The summed E-state index contributed by atoms with van der Waals surface area (Å²) in [6, 6.07) is 7.92. The molecule has 4 heteroatoms. The van der Waals surface area contributed by atoms with Crippen LogP contribution in [0.4, 0.5) is 4.39 Å². The first-order valence-corrected chi connectivity index (χ1v) is 5.81. The number of fused-ring (bicyclic) bond motifs is 2. The Kier molecular flexibility index (Phi) is 2.52. The average Bonchev–Trinajstić information content (AvgIpc) is 2.40. The van der Waals surface area contributed by atoms with Crippen LogP contribution in [0.3, 0.4) is 0 Å². The highest BCUT2D eigenvalue weighted by atomic mass is 19.1. The third-order valence-electron chi connectivity index (χ3n) is 3.09. The SMILES string of the molecule is COc1cc(F)c2oc3ccc(C)cc3c(=O)c2c1. The van der Waals surface area contributed by atoms with Crippen LogP contribution < -0.4 is 10.2 Å². The molecule has 3 aromatic rings. The van der Waals surface area contributed by atoms with E-state index in [2.05, 4.69) is 0 Å². The van der Waals surface area contributed by atoms with Gasteiger partial charge in [0.05, 0.1) is 17.9 Å². The number of hydrogen-bond donors (Lipinski definition) is 0. The first-order valence-electron chi connectivity index (χ1n) is 5.81. The fraction of sp³-hybridized carbons (Fsp3) is 0.133. The molecule has 0 N–H and O–H groups in total. The summed E-state index contributed by atoms with van der Waals surface area (Å²) in [5.74, 6) is -0.307. The summed E-state index contributed by atoms with van der Waals surface area (Å²) >= 11 is 0. The number of aryl methyl sites for hydroxylation is 1. The zero-order chi connectivity index (χ0) is 13.6. The standard InChI is InChI=1S/C15H11FO3/c1-8-3-4-13-10(5-8)14(17)11-6-9(18-2)7-12(16)15(11)19-13/h3-7H,1-2H3. The van der Waals surface area contributed by atoms with Gasteiger partial charge in [0.2, 0.25) is 5.43 Å². The Morgan fingerprint density at radius 1 is 1.16 bits per heavy atom. The molecular weight excluding hydrogens is 247 g/mol. The van der Waals surface area contributed by atoms with Crippen LogP contribution in [0.5, 0.6) is 5.75 Å². The third-order valence-corrected chi connectivity index (χ3v) is 3.09. The molecule has 0 atom stereocenters. The first-order chi connectivity index (χ1) is 9.10.